The van der Waals surface area contributed by atoms with Gasteiger partial charge in [0.25, 0.3) is 0 Å². The maximum absolute atomic E-state index is 11.1. The largest absolute Gasteiger partial charge is 0.478 e. The van der Waals surface area contributed by atoms with Gasteiger partial charge in [0.05, 0.1) is 12.3 Å². The van der Waals surface area contributed by atoms with Crippen LogP contribution in [0.25, 0.3) is 0 Å². The highest BCUT2D eigenvalue weighted by atomic mass is 16.5. The Labute approximate surface area is 106 Å². The quantitative estimate of drug-likeness (QED) is 0.880. The monoisotopic (exact) mass is 250 g/mol. The number of carboxylic acid groups (broad SMARTS) is 1. The minimum atomic E-state index is -0.940. The van der Waals surface area contributed by atoms with Crippen molar-refractivity contribution in [2.45, 2.75) is 12.8 Å². The molecule has 1 aliphatic heterocycles. The summed E-state index contributed by atoms with van der Waals surface area (Å²) in [6.45, 7) is 2.41. The van der Waals surface area contributed by atoms with Crippen LogP contribution in [-0.2, 0) is 4.74 Å². The number of aromatic carboxylic acids is 1. The average molecular weight is 250 g/mol. The lowest BCUT2D eigenvalue weighted by atomic mass is 10.0. The molecule has 0 aliphatic carbocycles. The van der Waals surface area contributed by atoms with Gasteiger partial charge in [-0.2, -0.15) is 0 Å². The van der Waals surface area contributed by atoms with E-state index in [0.717, 1.165) is 32.6 Å². The van der Waals surface area contributed by atoms with E-state index in [2.05, 4.69) is 4.98 Å². The first-order valence-electron chi connectivity index (χ1n) is 6.14. The molecule has 5 nitrogen and oxygen atoms in total. The Hall–Kier alpha value is -1.62. The number of anilines is 1. The second-order valence-electron chi connectivity index (χ2n) is 4.66. The maximum atomic E-state index is 11.1. The molecule has 1 fully saturated rings. The SMILES string of the molecule is CN(CC1CCCOC1)c1ccncc1C(=O)O. The van der Waals surface area contributed by atoms with Gasteiger partial charge in [0.1, 0.15) is 5.56 Å². The topological polar surface area (TPSA) is 62.7 Å². The first-order chi connectivity index (χ1) is 8.68. The summed E-state index contributed by atoms with van der Waals surface area (Å²) in [6, 6.07) is 1.74. The van der Waals surface area contributed by atoms with Crippen molar-refractivity contribution in [3.8, 4) is 0 Å². The number of nitrogens with zero attached hydrogens (tertiary/aromatic N) is 2. The van der Waals surface area contributed by atoms with Gasteiger partial charge in [-0.3, -0.25) is 4.98 Å². The van der Waals surface area contributed by atoms with Crippen molar-refractivity contribution in [2.75, 3.05) is 31.7 Å². The third-order valence-electron chi connectivity index (χ3n) is 3.23. The second kappa shape index (κ2) is 5.82. The Morgan fingerprint density at radius 1 is 1.67 bits per heavy atom. The summed E-state index contributed by atoms with van der Waals surface area (Å²) in [5.41, 5.74) is 0.958. The first-order valence-corrected chi connectivity index (χ1v) is 6.14. The number of ether oxygens (including phenoxy) is 1. The highest BCUT2D eigenvalue weighted by molar-refractivity contribution is 5.93. The summed E-state index contributed by atoms with van der Waals surface area (Å²) >= 11 is 0. The molecule has 0 radical (unpaired) electrons. The van der Waals surface area contributed by atoms with Crippen LogP contribution in [0.2, 0.25) is 0 Å². The van der Waals surface area contributed by atoms with E-state index in [1.807, 2.05) is 11.9 Å². The van der Waals surface area contributed by atoms with Crippen molar-refractivity contribution in [3.05, 3.63) is 24.0 Å². The summed E-state index contributed by atoms with van der Waals surface area (Å²) < 4.78 is 5.44. The molecule has 1 atom stereocenters. The van der Waals surface area contributed by atoms with Gasteiger partial charge in [-0.1, -0.05) is 0 Å². The van der Waals surface area contributed by atoms with E-state index in [1.165, 1.54) is 6.20 Å². The molecule has 2 rings (SSSR count). The van der Waals surface area contributed by atoms with E-state index >= 15 is 0 Å². The molecule has 0 bridgehead atoms. The second-order valence-corrected chi connectivity index (χ2v) is 4.66. The molecule has 98 valence electrons. The van der Waals surface area contributed by atoms with Gasteiger partial charge in [0, 0.05) is 32.6 Å². The zero-order chi connectivity index (χ0) is 13.0. The predicted molar refractivity (Wildman–Crippen MR) is 68.0 cm³/mol. The van der Waals surface area contributed by atoms with Crippen molar-refractivity contribution in [2.24, 2.45) is 5.92 Å². The Morgan fingerprint density at radius 2 is 2.50 bits per heavy atom. The van der Waals surface area contributed by atoms with Crippen LogP contribution in [0, 0.1) is 5.92 Å². The van der Waals surface area contributed by atoms with Crippen molar-refractivity contribution < 1.29 is 14.6 Å². The molecule has 0 saturated carbocycles. The number of hydrogen-bond donors (Lipinski definition) is 1. The van der Waals surface area contributed by atoms with Crippen LogP contribution in [0.4, 0.5) is 5.69 Å². The standard InChI is InChI=1S/C13H18N2O3/c1-15(8-10-3-2-6-18-9-10)12-4-5-14-7-11(12)13(16)17/h4-5,7,10H,2-3,6,8-9H2,1H3,(H,16,17). The summed E-state index contributed by atoms with van der Waals surface area (Å²) in [5, 5.41) is 9.13. The molecule has 5 heteroatoms. The van der Waals surface area contributed by atoms with Crippen LogP contribution in [-0.4, -0.2) is 42.9 Å². The maximum Gasteiger partial charge on any atom is 0.339 e. The lowest BCUT2D eigenvalue weighted by Gasteiger charge is -2.29. The van der Waals surface area contributed by atoms with Crippen LogP contribution in [0.15, 0.2) is 18.5 Å². The van der Waals surface area contributed by atoms with Gasteiger partial charge < -0.3 is 14.7 Å². The fourth-order valence-corrected chi connectivity index (χ4v) is 2.32. The lowest BCUT2D eigenvalue weighted by Crippen LogP contribution is -2.31. The van der Waals surface area contributed by atoms with E-state index in [9.17, 15) is 4.79 Å². The molecular weight excluding hydrogens is 232 g/mol. The fourth-order valence-electron chi connectivity index (χ4n) is 2.32. The predicted octanol–water partition coefficient (Wildman–Crippen LogP) is 1.64. The van der Waals surface area contributed by atoms with Gasteiger partial charge in [-0.25, -0.2) is 4.79 Å². The molecule has 0 aromatic carbocycles. The van der Waals surface area contributed by atoms with Crippen LogP contribution in [0.1, 0.15) is 23.2 Å². The van der Waals surface area contributed by atoms with Crippen molar-refractivity contribution >= 4 is 11.7 Å². The number of carbonyl (C=O) groups is 1. The zero-order valence-corrected chi connectivity index (χ0v) is 10.5. The molecule has 0 amide bonds. The van der Waals surface area contributed by atoms with Crippen LogP contribution < -0.4 is 4.90 Å². The fraction of sp³-hybridized carbons (Fsp3) is 0.538. The van der Waals surface area contributed by atoms with E-state index in [1.54, 1.807) is 12.3 Å². The Bertz CT molecular complexity index is 416. The van der Waals surface area contributed by atoms with E-state index in [-0.39, 0.29) is 5.56 Å². The molecule has 0 spiro atoms. The number of carboxylic acids is 1. The minimum Gasteiger partial charge on any atom is -0.478 e. The summed E-state index contributed by atoms with van der Waals surface area (Å²) in [4.78, 5) is 17.0. The molecule has 1 aromatic heterocycles. The molecule has 1 unspecified atom stereocenters. The van der Waals surface area contributed by atoms with E-state index in [4.69, 9.17) is 9.84 Å². The van der Waals surface area contributed by atoms with Crippen molar-refractivity contribution in [1.29, 1.82) is 0 Å². The lowest BCUT2D eigenvalue weighted by molar-refractivity contribution is 0.0576. The Kier molecular flexibility index (Phi) is 4.15. The third kappa shape index (κ3) is 2.98. The summed E-state index contributed by atoms with van der Waals surface area (Å²) in [7, 11) is 1.91. The molecule has 1 aliphatic rings. The zero-order valence-electron chi connectivity index (χ0n) is 10.5. The van der Waals surface area contributed by atoms with Gasteiger partial charge in [0.2, 0.25) is 0 Å². The van der Waals surface area contributed by atoms with E-state index in [0.29, 0.717) is 11.6 Å². The summed E-state index contributed by atoms with van der Waals surface area (Å²) in [6.07, 6.45) is 5.24. The van der Waals surface area contributed by atoms with Crippen LogP contribution in [0.3, 0.4) is 0 Å². The van der Waals surface area contributed by atoms with Gasteiger partial charge in [0.15, 0.2) is 0 Å². The molecule has 1 aromatic rings. The number of aromatic nitrogens is 1. The van der Waals surface area contributed by atoms with Gasteiger partial charge >= 0.3 is 5.97 Å². The number of hydrogen-bond acceptors (Lipinski definition) is 4. The van der Waals surface area contributed by atoms with Gasteiger partial charge in [-0.15, -0.1) is 0 Å². The van der Waals surface area contributed by atoms with Crippen molar-refractivity contribution in [1.82, 2.24) is 4.98 Å². The van der Waals surface area contributed by atoms with Gasteiger partial charge in [-0.05, 0) is 24.8 Å². The first kappa shape index (κ1) is 12.8. The number of pyridine rings is 1. The molecule has 1 saturated heterocycles. The Morgan fingerprint density at radius 3 is 3.17 bits per heavy atom. The molecule has 1 N–H and O–H groups in total. The van der Waals surface area contributed by atoms with Crippen LogP contribution >= 0.6 is 0 Å². The average Bonchev–Trinajstić information content (AvgIpc) is 2.40. The highest BCUT2D eigenvalue weighted by Crippen LogP contribution is 2.21. The highest BCUT2D eigenvalue weighted by Gasteiger charge is 2.19. The van der Waals surface area contributed by atoms with Crippen molar-refractivity contribution in [3.63, 3.8) is 0 Å². The third-order valence-corrected chi connectivity index (χ3v) is 3.23. The smallest absolute Gasteiger partial charge is 0.339 e. The molecule has 2 heterocycles. The minimum absolute atomic E-state index is 0.247. The Balaban J connectivity index is 2.08. The van der Waals surface area contributed by atoms with E-state index < -0.39 is 5.97 Å². The van der Waals surface area contributed by atoms with Crippen LogP contribution in [0.5, 0.6) is 0 Å². The molecule has 18 heavy (non-hydrogen) atoms. The summed E-state index contributed by atoms with van der Waals surface area (Å²) in [5.74, 6) is -0.469. The number of rotatable bonds is 4. The normalized spacial score (nSPS) is 19.5. The molecular formula is C13H18N2O3.